The van der Waals surface area contributed by atoms with E-state index in [1.54, 1.807) is 0 Å². The highest BCUT2D eigenvalue weighted by atomic mass is 16.2. The maximum Gasteiger partial charge on any atom is 0.237 e. The van der Waals surface area contributed by atoms with Gasteiger partial charge in [-0.05, 0) is 37.9 Å². The highest BCUT2D eigenvalue weighted by Gasteiger charge is 2.21. The molecule has 0 bridgehead atoms. The molecule has 6 heteroatoms. The topological polar surface area (TPSA) is 71.3 Å². The van der Waals surface area contributed by atoms with E-state index < -0.39 is 0 Å². The van der Waals surface area contributed by atoms with E-state index in [-0.39, 0.29) is 11.9 Å². The Kier molecular flexibility index (Phi) is 3.92. The summed E-state index contributed by atoms with van der Waals surface area (Å²) in [7, 11) is 0. The van der Waals surface area contributed by atoms with Crippen LogP contribution in [0.3, 0.4) is 0 Å². The third-order valence-corrected chi connectivity index (χ3v) is 3.64. The molecule has 0 aromatic carbocycles. The number of pyridine rings is 1. The Hall–Kier alpha value is -1.95. The summed E-state index contributed by atoms with van der Waals surface area (Å²) in [6.45, 7) is 1.63. The largest absolute Gasteiger partial charge is 0.355 e. The Morgan fingerprint density at radius 2 is 2.40 bits per heavy atom. The van der Waals surface area contributed by atoms with E-state index >= 15 is 0 Å². The van der Waals surface area contributed by atoms with Gasteiger partial charge in [0.15, 0.2) is 5.65 Å². The standard InChI is InChI=1S/C14H19N5O/c20-14(11-5-3-8-15-11)16-9-4-7-13-18-17-12-6-1-2-10-19(12)13/h1-2,6,10-11,15H,3-5,7-9H2,(H,16,20)/t11-/m0/s1. The van der Waals surface area contributed by atoms with Crippen LogP contribution in [0.5, 0.6) is 0 Å². The number of carbonyl (C=O) groups excluding carboxylic acids is 1. The molecule has 2 N–H and O–H groups in total. The molecule has 2 aromatic rings. The lowest BCUT2D eigenvalue weighted by molar-refractivity contribution is -0.122. The number of aromatic nitrogens is 3. The molecule has 1 saturated heterocycles. The van der Waals surface area contributed by atoms with Gasteiger partial charge >= 0.3 is 0 Å². The Morgan fingerprint density at radius 1 is 1.45 bits per heavy atom. The smallest absolute Gasteiger partial charge is 0.237 e. The van der Waals surface area contributed by atoms with Crippen LogP contribution in [-0.4, -0.2) is 39.6 Å². The fourth-order valence-corrected chi connectivity index (χ4v) is 2.55. The van der Waals surface area contributed by atoms with E-state index in [1.165, 1.54) is 0 Å². The number of amides is 1. The minimum atomic E-state index is 0.00363. The van der Waals surface area contributed by atoms with Crippen LogP contribution in [-0.2, 0) is 11.2 Å². The first kappa shape index (κ1) is 13.1. The molecule has 20 heavy (non-hydrogen) atoms. The fourth-order valence-electron chi connectivity index (χ4n) is 2.55. The Morgan fingerprint density at radius 3 is 3.25 bits per heavy atom. The van der Waals surface area contributed by atoms with E-state index in [9.17, 15) is 4.79 Å². The van der Waals surface area contributed by atoms with Crippen molar-refractivity contribution in [2.45, 2.75) is 31.7 Å². The lowest BCUT2D eigenvalue weighted by Gasteiger charge is -2.10. The number of hydrogen-bond acceptors (Lipinski definition) is 4. The third kappa shape index (κ3) is 2.80. The van der Waals surface area contributed by atoms with Gasteiger partial charge in [-0.1, -0.05) is 6.07 Å². The highest BCUT2D eigenvalue weighted by molar-refractivity contribution is 5.81. The molecule has 1 aliphatic heterocycles. The molecular formula is C14H19N5O. The van der Waals surface area contributed by atoms with Crippen LogP contribution in [0.25, 0.3) is 5.65 Å². The van der Waals surface area contributed by atoms with E-state index in [0.717, 1.165) is 43.7 Å². The van der Waals surface area contributed by atoms with Crippen molar-refractivity contribution >= 4 is 11.6 Å². The SMILES string of the molecule is O=C(NCCCc1nnc2ccccn12)[C@@H]1CCCN1. The maximum absolute atomic E-state index is 11.8. The molecule has 2 aromatic heterocycles. The summed E-state index contributed by atoms with van der Waals surface area (Å²) >= 11 is 0. The lowest BCUT2D eigenvalue weighted by atomic mass is 10.2. The summed E-state index contributed by atoms with van der Waals surface area (Å²) in [6.07, 6.45) is 5.67. The first-order chi connectivity index (χ1) is 9.84. The summed E-state index contributed by atoms with van der Waals surface area (Å²) in [5.41, 5.74) is 0.863. The minimum Gasteiger partial charge on any atom is -0.355 e. The molecule has 3 heterocycles. The van der Waals surface area contributed by atoms with Crippen LogP contribution >= 0.6 is 0 Å². The van der Waals surface area contributed by atoms with Gasteiger partial charge in [-0.3, -0.25) is 9.20 Å². The van der Waals surface area contributed by atoms with Gasteiger partial charge in [0.1, 0.15) is 5.82 Å². The number of rotatable bonds is 5. The summed E-state index contributed by atoms with van der Waals surface area (Å²) in [5.74, 6) is 1.06. The zero-order valence-electron chi connectivity index (χ0n) is 11.4. The monoisotopic (exact) mass is 273 g/mol. The van der Waals surface area contributed by atoms with Crippen LogP contribution in [0.15, 0.2) is 24.4 Å². The predicted octanol–water partition coefficient (Wildman–Crippen LogP) is 0.530. The zero-order chi connectivity index (χ0) is 13.8. The first-order valence-corrected chi connectivity index (χ1v) is 7.14. The number of aryl methyl sites for hydroxylation is 1. The molecule has 1 atom stereocenters. The second-order valence-corrected chi connectivity index (χ2v) is 5.09. The van der Waals surface area contributed by atoms with E-state index in [4.69, 9.17) is 0 Å². The fraction of sp³-hybridized carbons (Fsp3) is 0.500. The lowest BCUT2D eigenvalue weighted by Crippen LogP contribution is -2.40. The molecule has 0 spiro atoms. The molecular weight excluding hydrogens is 254 g/mol. The van der Waals surface area contributed by atoms with Crippen molar-refractivity contribution in [1.29, 1.82) is 0 Å². The Balaban J connectivity index is 1.47. The number of nitrogens with one attached hydrogen (secondary N) is 2. The van der Waals surface area contributed by atoms with E-state index in [0.29, 0.717) is 6.54 Å². The van der Waals surface area contributed by atoms with Crippen molar-refractivity contribution in [3.8, 4) is 0 Å². The number of hydrogen-bond donors (Lipinski definition) is 2. The van der Waals surface area contributed by atoms with Crippen LogP contribution in [0.2, 0.25) is 0 Å². The normalized spacial score (nSPS) is 18.5. The number of fused-ring (bicyclic) bond motifs is 1. The number of carbonyl (C=O) groups is 1. The third-order valence-electron chi connectivity index (χ3n) is 3.64. The van der Waals surface area contributed by atoms with Crippen molar-refractivity contribution in [1.82, 2.24) is 25.2 Å². The quantitative estimate of drug-likeness (QED) is 0.780. The van der Waals surface area contributed by atoms with Crippen molar-refractivity contribution in [2.24, 2.45) is 0 Å². The predicted molar refractivity (Wildman–Crippen MR) is 75.3 cm³/mol. The molecule has 0 aliphatic carbocycles. The van der Waals surface area contributed by atoms with Crippen LogP contribution in [0, 0.1) is 0 Å². The second kappa shape index (κ2) is 6.00. The summed E-state index contributed by atoms with van der Waals surface area (Å²) in [6, 6.07) is 5.85. The Bertz CT molecular complexity index is 588. The second-order valence-electron chi connectivity index (χ2n) is 5.09. The van der Waals surface area contributed by atoms with Gasteiger partial charge < -0.3 is 10.6 Å². The van der Waals surface area contributed by atoms with Gasteiger partial charge in [0.25, 0.3) is 0 Å². The van der Waals surface area contributed by atoms with Gasteiger partial charge in [0.2, 0.25) is 5.91 Å². The van der Waals surface area contributed by atoms with E-state index in [2.05, 4.69) is 20.8 Å². The van der Waals surface area contributed by atoms with Crippen LogP contribution < -0.4 is 10.6 Å². The van der Waals surface area contributed by atoms with Gasteiger partial charge in [0, 0.05) is 19.2 Å². The summed E-state index contributed by atoms with van der Waals surface area (Å²) < 4.78 is 1.99. The van der Waals surface area contributed by atoms with Crippen LogP contribution in [0.4, 0.5) is 0 Å². The van der Waals surface area contributed by atoms with Crippen LogP contribution in [0.1, 0.15) is 25.1 Å². The molecule has 1 fully saturated rings. The van der Waals surface area contributed by atoms with Crippen molar-refractivity contribution < 1.29 is 4.79 Å². The molecule has 0 unspecified atom stereocenters. The molecule has 1 aliphatic rings. The molecule has 0 saturated carbocycles. The zero-order valence-corrected chi connectivity index (χ0v) is 11.4. The molecule has 0 radical (unpaired) electrons. The summed E-state index contributed by atoms with van der Waals surface area (Å²) in [5, 5.41) is 14.5. The first-order valence-electron chi connectivity index (χ1n) is 7.14. The van der Waals surface area contributed by atoms with Gasteiger partial charge in [-0.15, -0.1) is 10.2 Å². The van der Waals surface area contributed by atoms with Crippen molar-refractivity contribution in [2.75, 3.05) is 13.1 Å². The van der Waals surface area contributed by atoms with Crippen molar-refractivity contribution in [3.63, 3.8) is 0 Å². The highest BCUT2D eigenvalue weighted by Crippen LogP contribution is 2.06. The summed E-state index contributed by atoms with van der Waals surface area (Å²) in [4.78, 5) is 11.8. The average molecular weight is 273 g/mol. The van der Waals surface area contributed by atoms with E-state index in [1.807, 2.05) is 28.8 Å². The van der Waals surface area contributed by atoms with Gasteiger partial charge in [-0.25, -0.2) is 0 Å². The average Bonchev–Trinajstić information content (AvgIpc) is 3.13. The van der Waals surface area contributed by atoms with Gasteiger partial charge in [0.05, 0.1) is 6.04 Å². The van der Waals surface area contributed by atoms with Gasteiger partial charge in [-0.2, -0.15) is 0 Å². The molecule has 3 rings (SSSR count). The Labute approximate surface area is 117 Å². The molecule has 106 valence electrons. The molecule has 1 amide bonds. The van der Waals surface area contributed by atoms with Crippen molar-refractivity contribution in [3.05, 3.63) is 30.2 Å². The maximum atomic E-state index is 11.8. The molecule has 6 nitrogen and oxygen atoms in total. The number of nitrogens with zero attached hydrogens (tertiary/aromatic N) is 3. The minimum absolute atomic E-state index is 0.00363.